The van der Waals surface area contributed by atoms with Gasteiger partial charge in [0.1, 0.15) is 36.5 Å². The number of carbonyl (C=O) groups excluding carboxylic acids is 4. The second kappa shape index (κ2) is 12.7. The predicted octanol–water partition coefficient (Wildman–Crippen LogP) is -0.186. The first kappa shape index (κ1) is 31.7. The van der Waals surface area contributed by atoms with Crippen LogP contribution < -0.4 is 10.6 Å². The molecular formula is C27H30N7O9S2+. The standard InChI is InChI=1S/C27H29N7O9S2/c1-34(7-5-32(6-8-34)23(39)14-3-4-17(36)18(37)9-14)10-15-11-44-25-20(24(40)33(25)21(15)26(41)42)30-22(38)19(31-43-2)16-12-45-27(29-16)28-13-35/h3-4,9,12-13,20,25H,5-8,10-11H2,1-2H3,(H4-,28,29,30,31,35,36,37,38,39,41,42)/p+1/t20-,25-/m1/s1. The number of nitrogens with zero attached hydrogens (tertiary/aromatic N) is 5. The lowest BCUT2D eigenvalue weighted by Gasteiger charge is -2.50. The van der Waals surface area contributed by atoms with Gasteiger partial charge in [-0.05, 0) is 18.2 Å². The van der Waals surface area contributed by atoms with Crippen molar-refractivity contribution in [2.24, 2.45) is 5.16 Å². The van der Waals surface area contributed by atoms with Gasteiger partial charge in [-0.2, -0.15) is 0 Å². The van der Waals surface area contributed by atoms with Crippen molar-refractivity contribution in [3.8, 4) is 11.5 Å². The summed E-state index contributed by atoms with van der Waals surface area (Å²) < 4.78 is 0.440. The van der Waals surface area contributed by atoms with Gasteiger partial charge in [0.25, 0.3) is 17.7 Å². The Balaban J connectivity index is 1.25. The number of piperazine rings is 1. The van der Waals surface area contributed by atoms with Gasteiger partial charge in [-0.15, -0.1) is 23.1 Å². The number of amides is 4. The van der Waals surface area contributed by atoms with Gasteiger partial charge in [-0.3, -0.25) is 24.1 Å². The summed E-state index contributed by atoms with van der Waals surface area (Å²) in [5.41, 5.74) is 0.619. The maximum atomic E-state index is 13.3. The summed E-state index contributed by atoms with van der Waals surface area (Å²) in [6.45, 7) is 2.16. The number of oxime groups is 1. The Hall–Kier alpha value is -4.68. The van der Waals surface area contributed by atoms with Gasteiger partial charge in [0.15, 0.2) is 22.3 Å². The van der Waals surface area contributed by atoms with Gasteiger partial charge in [0.05, 0.1) is 33.2 Å². The lowest BCUT2D eigenvalue weighted by Crippen LogP contribution is -2.71. The molecule has 0 spiro atoms. The van der Waals surface area contributed by atoms with E-state index in [1.807, 2.05) is 7.05 Å². The van der Waals surface area contributed by atoms with E-state index in [1.54, 1.807) is 4.90 Å². The van der Waals surface area contributed by atoms with Crippen LogP contribution in [0.2, 0.25) is 0 Å². The van der Waals surface area contributed by atoms with Crippen molar-refractivity contribution in [2.45, 2.75) is 11.4 Å². The fourth-order valence-corrected chi connectivity index (χ4v) is 7.41. The van der Waals surface area contributed by atoms with E-state index in [1.165, 1.54) is 47.4 Å². The highest BCUT2D eigenvalue weighted by molar-refractivity contribution is 8.00. The fraction of sp³-hybridized carbons (Fsp3) is 0.370. The van der Waals surface area contributed by atoms with E-state index in [0.717, 1.165) is 11.3 Å². The Bertz CT molecular complexity index is 1620. The maximum Gasteiger partial charge on any atom is 0.352 e. The van der Waals surface area contributed by atoms with Crippen molar-refractivity contribution < 1.29 is 48.6 Å². The third-order valence-electron chi connectivity index (χ3n) is 7.76. The number of anilines is 1. The molecule has 0 aliphatic carbocycles. The number of thioether (sulfide) groups is 1. The van der Waals surface area contributed by atoms with Crippen LogP contribution >= 0.6 is 23.1 Å². The number of aromatic nitrogens is 1. The highest BCUT2D eigenvalue weighted by Crippen LogP contribution is 2.41. The molecule has 4 amide bonds. The molecule has 4 heterocycles. The number of hydrogen-bond donors (Lipinski definition) is 5. The van der Waals surface area contributed by atoms with Crippen LogP contribution in [0.1, 0.15) is 16.1 Å². The van der Waals surface area contributed by atoms with E-state index in [4.69, 9.17) is 4.84 Å². The zero-order valence-corrected chi connectivity index (χ0v) is 25.8. The monoisotopic (exact) mass is 660 g/mol. The normalized spacial score (nSPS) is 21.0. The minimum atomic E-state index is -1.25. The third-order valence-corrected chi connectivity index (χ3v) is 9.88. The molecule has 2 saturated heterocycles. The molecule has 1 aromatic heterocycles. The van der Waals surface area contributed by atoms with Gasteiger partial charge >= 0.3 is 5.97 Å². The molecule has 0 radical (unpaired) electrons. The minimum absolute atomic E-state index is 0.110. The molecule has 18 heteroatoms. The average Bonchev–Trinajstić information content (AvgIpc) is 3.47. The minimum Gasteiger partial charge on any atom is -0.504 e. The molecule has 3 aliphatic rings. The van der Waals surface area contributed by atoms with Crippen LogP contribution in [0.5, 0.6) is 11.5 Å². The van der Waals surface area contributed by atoms with Crippen LogP contribution in [0.3, 0.4) is 0 Å². The average molecular weight is 661 g/mol. The Kier molecular flexibility index (Phi) is 8.98. The van der Waals surface area contributed by atoms with Crippen molar-refractivity contribution in [1.82, 2.24) is 20.1 Å². The van der Waals surface area contributed by atoms with Gasteiger partial charge in [0, 0.05) is 22.3 Å². The van der Waals surface area contributed by atoms with E-state index in [2.05, 4.69) is 20.8 Å². The topological polar surface area (TPSA) is 211 Å². The smallest absolute Gasteiger partial charge is 0.352 e. The number of quaternary nitrogens is 1. The molecule has 45 heavy (non-hydrogen) atoms. The molecule has 5 N–H and O–H groups in total. The number of likely N-dealkylation sites (N-methyl/N-ethyl adjacent to an activating group) is 1. The molecule has 2 atom stereocenters. The van der Waals surface area contributed by atoms with E-state index in [0.29, 0.717) is 54.9 Å². The molecular weight excluding hydrogens is 630 g/mol. The largest absolute Gasteiger partial charge is 0.504 e. The molecule has 5 rings (SSSR count). The van der Waals surface area contributed by atoms with E-state index >= 15 is 0 Å². The number of carboxylic acids is 1. The zero-order valence-electron chi connectivity index (χ0n) is 24.1. The summed E-state index contributed by atoms with van der Waals surface area (Å²) in [6, 6.07) is 2.90. The van der Waals surface area contributed by atoms with Crippen LogP contribution in [0, 0.1) is 0 Å². The molecule has 0 bridgehead atoms. The number of carbonyl (C=O) groups is 5. The first-order valence-corrected chi connectivity index (χ1v) is 15.5. The van der Waals surface area contributed by atoms with Crippen LogP contribution in [-0.2, 0) is 24.0 Å². The highest BCUT2D eigenvalue weighted by atomic mass is 32.2. The van der Waals surface area contributed by atoms with Crippen molar-refractivity contribution in [2.75, 3.05) is 58.0 Å². The fourth-order valence-electron chi connectivity index (χ4n) is 5.42. The number of rotatable bonds is 10. The summed E-state index contributed by atoms with van der Waals surface area (Å²) in [5.74, 6) is -3.25. The summed E-state index contributed by atoms with van der Waals surface area (Å²) >= 11 is 2.40. The van der Waals surface area contributed by atoms with Crippen molar-refractivity contribution in [3.63, 3.8) is 0 Å². The summed E-state index contributed by atoms with van der Waals surface area (Å²) in [6.07, 6.45) is 0.440. The van der Waals surface area contributed by atoms with E-state index in [-0.39, 0.29) is 45.2 Å². The van der Waals surface area contributed by atoms with Gasteiger partial charge in [-0.1, -0.05) is 5.16 Å². The summed E-state index contributed by atoms with van der Waals surface area (Å²) in [5, 5.41) is 39.2. The maximum absolute atomic E-state index is 13.3. The molecule has 3 aliphatic heterocycles. The molecule has 0 unspecified atom stereocenters. The lowest BCUT2D eigenvalue weighted by atomic mass is 10.0. The van der Waals surface area contributed by atoms with E-state index in [9.17, 15) is 39.3 Å². The number of hydrogen-bond acceptors (Lipinski definition) is 12. The first-order chi connectivity index (χ1) is 21.5. The Morgan fingerprint density at radius 3 is 2.60 bits per heavy atom. The first-order valence-electron chi connectivity index (χ1n) is 13.6. The summed E-state index contributed by atoms with van der Waals surface area (Å²) in [4.78, 5) is 74.2. The molecule has 1 aromatic carbocycles. The Morgan fingerprint density at radius 1 is 1.22 bits per heavy atom. The molecule has 2 aromatic rings. The van der Waals surface area contributed by atoms with Crippen molar-refractivity contribution in [1.29, 1.82) is 0 Å². The lowest BCUT2D eigenvalue weighted by molar-refractivity contribution is -0.908. The van der Waals surface area contributed by atoms with Gasteiger partial charge in [0.2, 0.25) is 6.41 Å². The van der Waals surface area contributed by atoms with Crippen LogP contribution in [0.4, 0.5) is 5.13 Å². The third kappa shape index (κ3) is 6.29. The molecule has 2 fully saturated rings. The number of thiazole rings is 1. The second-order valence-corrected chi connectivity index (χ2v) is 12.7. The highest BCUT2D eigenvalue weighted by Gasteiger charge is 2.55. The SMILES string of the molecule is CON=C(C(=O)N[C@@H]1C(=O)N2C(C(=O)O)=C(C[N+]3(C)CCN(C(=O)c4ccc(O)c(O)c4)CC3)CS[C@H]12)c1csc(NC=O)n1. The zero-order chi connectivity index (χ0) is 32.5. The van der Waals surface area contributed by atoms with Crippen LogP contribution in [-0.4, -0.2) is 134 Å². The number of carboxylic acid groups (broad SMARTS) is 1. The summed E-state index contributed by atoms with van der Waals surface area (Å²) in [7, 11) is 3.20. The number of phenolic OH excluding ortho intramolecular Hbond substituents is 2. The second-order valence-electron chi connectivity index (χ2n) is 10.8. The molecule has 238 valence electrons. The van der Waals surface area contributed by atoms with Crippen LogP contribution in [0.15, 0.2) is 40.0 Å². The van der Waals surface area contributed by atoms with Gasteiger partial charge < -0.3 is 40.2 Å². The Labute approximate surface area is 264 Å². The van der Waals surface area contributed by atoms with E-state index < -0.39 is 29.2 Å². The predicted molar refractivity (Wildman–Crippen MR) is 161 cm³/mol. The van der Waals surface area contributed by atoms with Gasteiger partial charge in [-0.25, -0.2) is 9.78 Å². The van der Waals surface area contributed by atoms with Crippen LogP contribution in [0.25, 0.3) is 0 Å². The number of benzene rings is 1. The number of β-lactam (4-membered cyclic amide) rings is 1. The number of aromatic hydroxyl groups is 2. The molecule has 0 saturated carbocycles. The van der Waals surface area contributed by atoms with Crippen molar-refractivity contribution >= 4 is 64.0 Å². The number of phenols is 2. The number of aliphatic carboxylic acids is 1. The van der Waals surface area contributed by atoms with Crippen molar-refractivity contribution in [3.05, 3.63) is 46.1 Å². The number of fused-ring (bicyclic) bond motifs is 1. The number of nitrogens with one attached hydrogen (secondary N) is 2. The molecule has 16 nitrogen and oxygen atoms in total. The Morgan fingerprint density at radius 2 is 1.96 bits per heavy atom. The quantitative estimate of drug-likeness (QED) is 0.0563.